The minimum absolute atomic E-state index is 0. The van der Waals surface area contributed by atoms with Crippen LogP contribution in [-0.4, -0.2) is 4.92 Å². The lowest BCUT2D eigenvalue weighted by atomic mass is 10.2. The van der Waals surface area contributed by atoms with Gasteiger partial charge in [-0.05, 0) is 12.1 Å². The van der Waals surface area contributed by atoms with Crippen LogP contribution in [0.2, 0.25) is 0 Å². The zero-order valence-electron chi connectivity index (χ0n) is 5.65. The fourth-order valence-corrected chi connectivity index (χ4v) is 0.719. The summed E-state index contributed by atoms with van der Waals surface area (Å²) in [7, 11) is 0. The number of nitrogens with zero attached hydrogens (tertiary/aromatic N) is 1. The van der Waals surface area contributed by atoms with Crippen molar-refractivity contribution in [3.8, 4) is 0 Å². The summed E-state index contributed by atoms with van der Waals surface area (Å²) in [6.45, 7) is 0. The molecule has 0 aromatic heterocycles. The zero-order valence-corrected chi connectivity index (χ0v) is 5.65. The van der Waals surface area contributed by atoms with Crippen molar-refractivity contribution in [3.63, 3.8) is 0 Å². The van der Waals surface area contributed by atoms with Crippen LogP contribution in [0.25, 0.3) is 0 Å². The third kappa shape index (κ3) is 1.85. The van der Waals surface area contributed by atoms with Crippen molar-refractivity contribution in [2.75, 3.05) is 11.5 Å². The lowest BCUT2D eigenvalue weighted by Crippen LogP contribution is -1.96. The van der Waals surface area contributed by atoms with E-state index < -0.39 is 4.92 Å². The van der Waals surface area contributed by atoms with Crippen LogP contribution in [0.1, 0.15) is 7.43 Å². The molecule has 5 heteroatoms. The summed E-state index contributed by atoms with van der Waals surface area (Å²) in [5, 5.41) is 10.2. The largest absolute Gasteiger partial charge is 0.399 e. The van der Waals surface area contributed by atoms with Crippen LogP contribution in [0.15, 0.2) is 18.2 Å². The second kappa shape index (κ2) is 3.56. The Kier molecular flexibility index (Phi) is 3.04. The molecule has 0 saturated heterocycles. The van der Waals surface area contributed by atoms with E-state index in [4.69, 9.17) is 11.5 Å². The Morgan fingerprint density at radius 3 is 2.33 bits per heavy atom. The van der Waals surface area contributed by atoms with E-state index in [0.717, 1.165) is 0 Å². The minimum atomic E-state index is -0.564. The summed E-state index contributed by atoms with van der Waals surface area (Å²) in [4.78, 5) is 9.68. The monoisotopic (exact) mass is 169 g/mol. The van der Waals surface area contributed by atoms with Gasteiger partial charge in [-0.15, -0.1) is 0 Å². The predicted molar refractivity (Wildman–Crippen MR) is 48.7 cm³/mol. The van der Waals surface area contributed by atoms with Gasteiger partial charge in [0, 0.05) is 11.8 Å². The van der Waals surface area contributed by atoms with Gasteiger partial charge >= 0.3 is 0 Å². The van der Waals surface area contributed by atoms with Crippen molar-refractivity contribution in [1.82, 2.24) is 0 Å². The Morgan fingerprint density at radius 2 is 1.92 bits per heavy atom. The Balaban J connectivity index is 0.00000121. The van der Waals surface area contributed by atoms with Crippen molar-refractivity contribution < 1.29 is 4.92 Å². The van der Waals surface area contributed by atoms with Gasteiger partial charge in [-0.2, -0.15) is 0 Å². The van der Waals surface area contributed by atoms with Gasteiger partial charge in [0.05, 0.1) is 4.92 Å². The fourth-order valence-electron chi connectivity index (χ4n) is 0.719. The van der Waals surface area contributed by atoms with E-state index in [1.165, 1.54) is 18.2 Å². The zero-order chi connectivity index (χ0) is 8.43. The highest BCUT2D eigenvalue weighted by molar-refractivity contribution is 5.63. The molecule has 1 rings (SSSR count). The Labute approximate surface area is 70.1 Å². The molecule has 0 aliphatic carbocycles. The number of benzene rings is 1. The lowest BCUT2D eigenvalue weighted by Gasteiger charge is -1.96. The highest BCUT2D eigenvalue weighted by Crippen LogP contribution is 2.22. The van der Waals surface area contributed by atoms with Crippen LogP contribution in [-0.2, 0) is 0 Å². The summed E-state index contributed by atoms with van der Waals surface area (Å²) in [6.07, 6.45) is 0. The minimum Gasteiger partial charge on any atom is -0.399 e. The molecule has 0 radical (unpaired) electrons. The van der Waals surface area contributed by atoms with Gasteiger partial charge in [0.25, 0.3) is 5.69 Å². The van der Waals surface area contributed by atoms with Gasteiger partial charge in [0.2, 0.25) is 0 Å². The molecule has 0 saturated carbocycles. The fraction of sp³-hybridized carbons (Fsp3) is 0.143. The second-order valence-electron chi connectivity index (χ2n) is 2.08. The van der Waals surface area contributed by atoms with Crippen LogP contribution in [0, 0.1) is 10.1 Å². The van der Waals surface area contributed by atoms with E-state index in [1.807, 2.05) is 0 Å². The van der Waals surface area contributed by atoms with Crippen molar-refractivity contribution in [3.05, 3.63) is 28.3 Å². The molecule has 66 valence electrons. The first-order valence-corrected chi connectivity index (χ1v) is 2.90. The van der Waals surface area contributed by atoms with Crippen molar-refractivity contribution in [2.45, 2.75) is 7.43 Å². The van der Waals surface area contributed by atoms with Gasteiger partial charge in [0.1, 0.15) is 5.69 Å². The third-order valence-electron chi connectivity index (χ3n) is 1.25. The maximum Gasteiger partial charge on any atom is 0.294 e. The van der Waals surface area contributed by atoms with Crippen LogP contribution in [0.3, 0.4) is 0 Å². The molecular formula is C7H11N3O2. The molecule has 5 nitrogen and oxygen atoms in total. The first-order valence-electron chi connectivity index (χ1n) is 2.90. The highest BCUT2D eigenvalue weighted by Gasteiger charge is 2.09. The lowest BCUT2D eigenvalue weighted by molar-refractivity contribution is -0.383. The van der Waals surface area contributed by atoms with E-state index in [2.05, 4.69) is 0 Å². The average molecular weight is 169 g/mol. The molecule has 0 amide bonds. The maximum atomic E-state index is 10.2. The standard InChI is InChI=1S/C6H7N3O2.CH4/c7-4-1-2-5(8)6(3-4)9(10)11;/h1-3H,7-8H2;1H4. The maximum absolute atomic E-state index is 10.2. The number of nitro benzene ring substituents is 1. The van der Waals surface area contributed by atoms with Gasteiger partial charge in [-0.1, -0.05) is 7.43 Å². The summed E-state index contributed by atoms with van der Waals surface area (Å²) < 4.78 is 0. The van der Waals surface area contributed by atoms with Crippen LogP contribution < -0.4 is 11.5 Å². The average Bonchev–Trinajstić information content (AvgIpc) is 1.94. The Bertz CT molecular complexity index is 299. The normalized spacial score (nSPS) is 8.67. The Hall–Kier alpha value is -1.78. The van der Waals surface area contributed by atoms with Gasteiger partial charge in [0.15, 0.2) is 0 Å². The molecule has 12 heavy (non-hydrogen) atoms. The smallest absolute Gasteiger partial charge is 0.294 e. The van der Waals surface area contributed by atoms with E-state index in [9.17, 15) is 10.1 Å². The highest BCUT2D eigenvalue weighted by atomic mass is 16.6. The molecule has 0 unspecified atom stereocenters. The molecule has 4 N–H and O–H groups in total. The first kappa shape index (κ1) is 10.2. The molecule has 1 aromatic carbocycles. The summed E-state index contributed by atoms with van der Waals surface area (Å²) in [5.41, 5.74) is 10.9. The van der Waals surface area contributed by atoms with Crippen LogP contribution in [0.5, 0.6) is 0 Å². The predicted octanol–water partition coefficient (Wildman–Crippen LogP) is 1.40. The van der Waals surface area contributed by atoms with E-state index in [0.29, 0.717) is 5.69 Å². The number of nitrogen functional groups attached to an aromatic ring is 2. The second-order valence-corrected chi connectivity index (χ2v) is 2.08. The molecular weight excluding hydrogens is 158 g/mol. The van der Waals surface area contributed by atoms with Gasteiger partial charge in [-0.25, -0.2) is 0 Å². The molecule has 0 spiro atoms. The molecule has 0 aliphatic rings. The molecule has 0 fully saturated rings. The van der Waals surface area contributed by atoms with Crippen LogP contribution in [0.4, 0.5) is 17.1 Å². The molecule has 0 aliphatic heterocycles. The Morgan fingerprint density at radius 1 is 1.33 bits per heavy atom. The van der Waals surface area contributed by atoms with Crippen molar-refractivity contribution in [2.24, 2.45) is 0 Å². The first-order chi connectivity index (χ1) is 5.11. The number of nitro groups is 1. The quantitative estimate of drug-likeness (QED) is 0.377. The number of nitrogens with two attached hydrogens (primary N) is 2. The van der Waals surface area contributed by atoms with Crippen molar-refractivity contribution in [1.29, 1.82) is 0 Å². The summed E-state index contributed by atoms with van der Waals surface area (Å²) in [5.74, 6) is 0. The van der Waals surface area contributed by atoms with Crippen molar-refractivity contribution >= 4 is 17.1 Å². The van der Waals surface area contributed by atoms with Crippen LogP contribution >= 0.6 is 0 Å². The summed E-state index contributed by atoms with van der Waals surface area (Å²) in [6, 6.07) is 4.16. The molecule has 0 heterocycles. The number of anilines is 2. The topological polar surface area (TPSA) is 95.2 Å². The summed E-state index contributed by atoms with van der Waals surface area (Å²) >= 11 is 0. The molecule has 0 bridgehead atoms. The number of hydrogen-bond donors (Lipinski definition) is 2. The SMILES string of the molecule is C.Nc1ccc(N)c([N+](=O)[O-])c1. The van der Waals surface area contributed by atoms with Gasteiger partial charge in [-0.3, -0.25) is 10.1 Å². The molecule has 0 atom stereocenters. The van der Waals surface area contributed by atoms with E-state index in [1.54, 1.807) is 0 Å². The van der Waals surface area contributed by atoms with E-state index >= 15 is 0 Å². The molecule has 1 aromatic rings. The number of hydrogen-bond acceptors (Lipinski definition) is 4. The van der Waals surface area contributed by atoms with Gasteiger partial charge < -0.3 is 11.5 Å². The third-order valence-corrected chi connectivity index (χ3v) is 1.25. The number of rotatable bonds is 1. The van der Waals surface area contributed by atoms with E-state index in [-0.39, 0.29) is 18.8 Å².